The topological polar surface area (TPSA) is 32.3 Å². The molecular weight excluding hydrogens is 425 g/mol. The first-order valence-electron chi connectivity index (χ1n) is 11.1. The number of nitrogens with zero attached hydrogens (tertiary/aromatic N) is 1. The molecule has 1 aliphatic rings. The maximum Gasteiger partial charge on any atom is 0.416 e. The Bertz CT molecular complexity index is 1140. The summed E-state index contributed by atoms with van der Waals surface area (Å²) in [6, 6.07) is 17.8. The number of nitrogens with one attached hydrogen (secondary N) is 1. The third-order valence-electron chi connectivity index (χ3n) is 5.87. The number of carbonyl (C=O) groups excluding carboxylic acids is 1. The zero-order valence-corrected chi connectivity index (χ0v) is 18.7. The molecule has 0 fully saturated rings. The summed E-state index contributed by atoms with van der Waals surface area (Å²) in [7, 11) is 0. The van der Waals surface area contributed by atoms with Crippen LogP contribution in [0.15, 0.2) is 66.7 Å². The molecule has 1 amide bonds. The normalized spacial score (nSPS) is 14.2. The largest absolute Gasteiger partial charge is 0.416 e. The van der Waals surface area contributed by atoms with E-state index in [0.29, 0.717) is 22.6 Å². The van der Waals surface area contributed by atoms with Crippen molar-refractivity contribution in [1.82, 2.24) is 4.90 Å². The Balaban J connectivity index is 1.52. The predicted octanol–water partition coefficient (Wildman–Crippen LogP) is 6.64. The van der Waals surface area contributed by atoms with Crippen molar-refractivity contribution < 1.29 is 18.0 Å². The van der Waals surface area contributed by atoms with Gasteiger partial charge in [-0.05, 0) is 64.9 Å². The van der Waals surface area contributed by atoms with Gasteiger partial charge in [0.15, 0.2) is 0 Å². The number of benzene rings is 3. The second-order valence-corrected chi connectivity index (χ2v) is 8.94. The van der Waals surface area contributed by atoms with Gasteiger partial charge >= 0.3 is 6.18 Å². The standard InChI is InChI=1S/C27H27F3N2O/c1-18(2)16-32-14-13-20-15-23(12-9-21(20)17-32)31-26(33)25-6-4-3-5-24(25)19-7-10-22(11-8-19)27(28,29)30/h3-12,15,18H,13-14,16-17H2,1-2H3,(H,31,33). The van der Waals surface area contributed by atoms with Crippen LogP contribution >= 0.6 is 0 Å². The minimum atomic E-state index is -4.40. The third kappa shape index (κ3) is 5.45. The number of hydrogen-bond acceptors (Lipinski definition) is 2. The number of fused-ring (bicyclic) bond motifs is 1. The Hall–Kier alpha value is -3.12. The van der Waals surface area contributed by atoms with E-state index in [0.717, 1.165) is 43.9 Å². The highest BCUT2D eigenvalue weighted by molar-refractivity contribution is 6.08. The number of halogens is 3. The molecule has 4 rings (SSSR count). The molecule has 0 unspecified atom stereocenters. The second-order valence-electron chi connectivity index (χ2n) is 8.94. The lowest BCUT2D eigenvalue weighted by molar-refractivity contribution is -0.137. The number of hydrogen-bond donors (Lipinski definition) is 1. The fourth-order valence-corrected chi connectivity index (χ4v) is 4.33. The summed E-state index contributed by atoms with van der Waals surface area (Å²) in [5.41, 5.74) is 4.09. The van der Waals surface area contributed by atoms with E-state index in [2.05, 4.69) is 30.1 Å². The summed E-state index contributed by atoms with van der Waals surface area (Å²) >= 11 is 0. The molecule has 0 aliphatic carbocycles. The van der Waals surface area contributed by atoms with E-state index >= 15 is 0 Å². The average molecular weight is 453 g/mol. The van der Waals surface area contributed by atoms with Crippen LogP contribution < -0.4 is 5.32 Å². The van der Waals surface area contributed by atoms with Crippen molar-refractivity contribution in [1.29, 1.82) is 0 Å². The summed E-state index contributed by atoms with van der Waals surface area (Å²) in [5, 5.41) is 2.97. The first-order chi connectivity index (χ1) is 15.7. The van der Waals surface area contributed by atoms with Gasteiger partial charge in [-0.15, -0.1) is 0 Å². The molecule has 33 heavy (non-hydrogen) atoms. The molecule has 3 nitrogen and oxygen atoms in total. The highest BCUT2D eigenvalue weighted by Gasteiger charge is 2.30. The highest BCUT2D eigenvalue weighted by atomic mass is 19.4. The van der Waals surface area contributed by atoms with Crippen molar-refractivity contribution in [2.24, 2.45) is 5.92 Å². The molecular formula is C27H27F3N2O. The molecule has 1 heterocycles. The first kappa shape index (κ1) is 23.1. The van der Waals surface area contributed by atoms with Gasteiger partial charge < -0.3 is 5.32 Å². The Morgan fingerprint density at radius 3 is 2.42 bits per heavy atom. The van der Waals surface area contributed by atoms with E-state index in [-0.39, 0.29) is 5.91 Å². The molecule has 0 radical (unpaired) electrons. The molecule has 0 aromatic heterocycles. The lowest BCUT2D eigenvalue weighted by atomic mass is 9.97. The summed E-state index contributed by atoms with van der Waals surface area (Å²) in [4.78, 5) is 15.5. The number of rotatable bonds is 5. The van der Waals surface area contributed by atoms with Crippen LogP contribution in [0.4, 0.5) is 18.9 Å². The number of carbonyl (C=O) groups is 1. The molecule has 0 atom stereocenters. The predicted molar refractivity (Wildman–Crippen MR) is 125 cm³/mol. The molecule has 0 saturated heterocycles. The molecule has 1 N–H and O–H groups in total. The van der Waals surface area contributed by atoms with Gasteiger partial charge in [-0.1, -0.05) is 50.2 Å². The van der Waals surface area contributed by atoms with Crippen LogP contribution in [0.2, 0.25) is 0 Å². The van der Waals surface area contributed by atoms with Crippen molar-refractivity contribution in [3.8, 4) is 11.1 Å². The number of anilines is 1. The van der Waals surface area contributed by atoms with Crippen molar-refractivity contribution in [3.05, 3.63) is 89.0 Å². The fraction of sp³-hybridized carbons (Fsp3) is 0.296. The molecule has 3 aromatic carbocycles. The van der Waals surface area contributed by atoms with E-state index in [1.807, 2.05) is 12.1 Å². The van der Waals surface area contributed by atoms with Crippen LogP contribution in [0, 0.1) is 5.92 Å². The van der Waals surface area contributed by atoms with Crippen LogP contribution in [-0.4, -0.2) is 23.9 Å². The summed E-state index contributed by atoms with van der Waals surface area (Å²) in [6.07, 6.45) is -3.46. The van der Waals surface area contributed by atoms with Crippen LogP contribution in [0.1, 0.15) is 40.9 Å². The van der Waals surface area contributed by atoms with E-state index in [1.165, 1.54) is 23.3 Å². The molecule has 1 aliphatic heterocycles. The van der Waals surface area contributed by atoms with Gasteiger partial charge in [0, 0.05) is 30.9 Å². The molecule has 172 valence electrons. The zero-order valence-electron chi connectivity index (χ0n) is 18.7. The molecule has 0 spiro atoms. The quantitative estimate of drug-likeness (QED) is 0.471. The third-order valence-corrected chi connectivity index (χ3v) is 5.87. The lowest BCUT2D eigenvalue weighted by Crippen LogP contribution is -2.33. The Morgan fingerprint density at radius 1 is 1.00 bits per heavy atom. The average Bonchev–Trinajstić information content (AvgIpc) is 2.78. The van der Waals surface area contributed by atoms with Gasteiger partial charge in [0.2, 0.25) is 0 Å². The van der Waals surface area contributed by atoms with Gasteiger partial charge in [0.05, 0.1) is 5.56 Å². The Kier molecular flexibility index (Phi) is 6.56. The van der Waals surface area contributed by atoms with Crippen LogP contribution in [-0.2, 0) is 19.1 Å². The van der Waals surface area contributed by atoms with Crippen molar-refractivity contribution in [3.63, 3.8) is 0 Å². The molecule has 3 aromatic rings. The highest BCUT2D eigenvalue weighted by Crippen LogP contribution is 2.32. The zero-order chi connectivity index (χ0) is 23.6. The summed E-state index contributed by atoms with van der Waals surface area (Å²) in [5.74, 6) is 0.331. The molecule has 0 bridgehead atoms. The van der Waals surface area contributed by atoms with Gasteiger partial charge in [0.25, 0.3) is 5.91 Å². The van der Waals surface area contributed by atoms with E-state index in [4.69, 9.17) is 0 Å². The Morgan fingerprint density at radius 2 is 1.73 bits per heavy atom. The number of amides is 1. The van der Waals surface area contributed by atoms with Crippen molar-refractivity contribution in [2.75, 3.05) is 18.4 Å². The van der Waals surface area contributed by atoms with Gasteiger partial charge in [-0.3, -0.25) is 9.69 Å². The summed E-state index contributed by atoms with van der Waals surface area (Å²) < 4.78 is 38.7. The van der Waals surface area contributed by atoms with Gasteiger partial charge in [0.1, 0.15) is 0 Å². The molecule has 0 saturated carbocycles. The smallest absolute Gasteiger partial charge is 0.322 e. The van der Waals surface area contributed by atoms with Crippen LogP contribution in [0.5, 0.6) is 0 Å². The fourth-order valence-electron chi connectivity index (χ4n) is 4.33. The van der Waals surface area contributed by atoms with E-state index in [1.54, 1.807) is 24.3 Å². The number of alkyl halides is 3. The van der Waals surface area contributed by atoms with E-state index in [9.17, 15) is 18.0 Å². The molecule has 6 heteroatoms. The van der Waals surface area contributed by atoms with Crippen molar-refractivity contribution in [2.45, 2.75) is 33.0 Å². The maximum atomic E-state index is 13.1. The minimum Gasteiger partial charge on any atom is -0.322 e. The van der Waals surface area contributed by atoms with Crippen molar-refractivity contribution >= 4 is 11.6 Å². The van der Waals surface area contributed by atoms with E-state index < -0.39 is 11.7 Å². The van der Waals surface area contributed by atoms with Gasteiger partial charge in [-0.25, -0.2) is 0 Å². The first-order valence-corrected chi connectivity index (χ1v) is 11.1. The van der Waals surface area contributed by atoms with Crippen LogP contribution in [0.25, 0.3) is 11.1 Å². The lowest BCUT2D eigenvalue weighted by Gasteiger charge is -2.30. The Labute approximate surface area is 192 Å². The summed E-state index contributed by atoms with van der Waals surface area (Å²) in [6.45, 7) is 7.42. The van der Waals surface area contributed by atoms with Crippen LogP contribution in [0.3, 0.4) is 0 Å². The van der Waals surface area contributed by atoms with Gasteiger partial charge in [-0.2, -0.15) is 13.2 Å². The second kappa shape index (κ2) is 9.40. The maximum absolute atomic E-state index is 13.1. The minimum absolute atomic E-state index is 0.289. The SMILES string of the molecule is CC(C)CN1CCc2cc(NC(=O)c3ccccc3-c3ccc(C(F)(F)F)cc3)ccc2C1. The monoisotopic (exact) mass is 452 g/mol.